The molecule has 1 amide bonds. The summed E-state index contributed by atoms with van der Waals surface area (Å²) in [4.78, 5) is 24.7. The van der Waals surface area contributed by atoms with Crippen molar-refractivity contribution in [2.24, 2.45) is 0 Å². The van der Waals surface area contributed by atoms with Gasteiger partial charge in [-0.1, -0.05) is 36.4 Å². The number of esters is 1. The summed E-state index contributed by atoms with van der Waals surface area (Å²) in [5, 5.41) is 5.03. The van der Waals surface area contributed by atoms with Crippen molar-refractivity contribution in [3.05, 3.63) is 77.9 Å². The quantitative estimate of drug-likeness (QED) is 0.537. The highest BCUT2D eigenvalue weighted by molar-refractivity contribution is 7.89. The molecule has 0 aliphatic carbocycles. The van der Waals surface area contributed by atoms with Gasteiger partial charge in [0.25, 0.3) is 5.91 Å². The van der Waals surface area contributed by atoms with Gasteiger partial charge in [-0.15, -0.1) is 0 Å². The van der Waals surface area contributed by atoms with E-state index in [1.54, 1.807) is 0 Å². The Hall–Kier alpha value is -3.23. The van der Waals surface area contributed by atoms with Crippen LogP contribution in [0.5, 0.6) is 0 Å². The molecule has 0 radical (unpaired) electrons. The van der Waals surface area contributed by atoms with Crippen molar-refractivity contribution in [3.63, 3.8) is 0 Å². The Morgan fingerprint density at radius 1 is 0.970 bits per heavy atom. The lowest BCUT2D eigenvalue weighted by molar-refractivity contribution is -0.124. The Labute approximate surface area is 193 Å². The Morgan fingerprint density at radius 2 is 1.64 bits per heavy atom. The maximum atomic E-state index is 12.6. The fraction of sp³-hybridized carbons (Fsp3) is 0.280. The highest BCUT2D eigenvalue weighted by Crippen LogP contribution is 2.22. The molecule has 8 heteroatoms. The largest absolute Gasteiger partial charge is 0.452 e. The molecule has 1 atom stereocenters. The number of fused-ring (bicyclic) bond motifs is 1. The molecule has 1 N–H and O–H groups in total. The van der Waals surface area contributed by atoms with Crippen molar-refractivity contribution >= 4 is 32.7 Å². The van der Waals surface area contributed by atoms with E-state index < -0.39 is 28.5 Å². The zero-order chi connectivity index (χ0) is 23.4. The van der Waals surface area contributed by atoms with Crippen LogP contribution in [0.1, 0.15) is 41.7 Å². The lowest BCUT2D eigenvalue weighted by Gasteiger charge is -2.16. The molecule has 33 heavy (non-hydrogen) atoms. The van der Waals surface area contributed by atoms with E-state index in [1.165, 1.54) is 28.6 Å². The van der Waals surface area contributed by atoms with Crippen LogP contribution in [0.15, 0.2) is 71.6 Å². The van der Waals surface area contributed by atoms with Crippen LogP contribution >= 0.6 is 0 Å². The first-order valence-electron chi connectivity index (χ1n) is 10.9. The molecule has 0 bridgehead atoms. The first-order chi connectivity index (χ1) is 15.8. The zero-order valence-electron chi connectivity index (χ0n) is 18.4. The molecular weight excluding hydrogens is 440 g/mol. The molecule has 0 aromatic heterocycles. The summed E-state index contributed by atoms with van der Waals surface area (Å²) in [5.74, 6) is -1.11. The Bertz CT molecular complexity index is 1270. The zero-order valence-corrected chi connectivity index (χ0v) is 19.2. The monoisotopic (exact) mass is 466 g/mol. The summed E-state index contributed by atoms with van der Waals surface area (Å²) in [6.07, 6.45) is 1.70. The maximum absolute atomic E-state index is 12.6. The smallest absolute Gasteiger partial charge is 0.338 e. The third kappa shape index (κ3) is 5.23. The fourth-order valence-electron chi connectivity index (χ4n) is 3.90. The number of hydrogen-bond donors (Lipinski definition) is 1. The number of ether oxygens (including phenoxy) is 1. The average molecular weight is 467 g/mol. The van der Waals surface area contributed by atoms with Crippen molar-refractivity contribution in [2.75, 3.05) is 19.7 Å². The topological polar surface area (TPSA) is 92.8 Å². The van der Waals surface area contributed by atoms with Crippen LogP contribution in [-0.4, -0.2) is 44.3 Å². The van der Waals surface area contributed by atoms with Gasteiger partial charge >= 0.3 is 5.97 Å². The van der Waals surface area contributed by atoms with Gasteiger partial charge in [0.15, 0.2) is 6.61 Å². The lowest BCUT2D eigenvalue weighted by atomic mass is 10.0. The molecule has 172 valence electrons. The van der Waals surface area contributed by atoms with Gasteiger partial charge in [-0.05, 0) is 66.4 Å². The van der Waals surface area contributed by atoms with Gasteiger partial charge < -0.3 is 10.1 Å². The molecule has 7 nitrogen and oxygen atoms in total. The van der Waals surface area contributed by atoms with E-state index in [0.29, 0.717) is 13.1 Å². The summed E-state index contributed by atoms with van der Waals surface area (Å²) >= 11 is 0. The second-order valence-electron chi connectivity index (χ2n) is 8.11. The predicted molar refractivity (Wildman–Crippen MR) is 125 cm³/mol. The van der Waals surface area contributed by atoms with Crippen LogP contribution in [0, 0.1) is 0 Å². The molecular formula is C25H26N2O5S. The van der Waals surface area contributed by atoms with Gasteiger partial charge in [-0.25, -0.2) is 13.2 Å². The number of nitrogens with one attached hydrogen (secondary N) is 1. The molecule has 3 aromatic rings. The third-order valence-corrected chi connectivity index (χ3v) is 7.69. The lowest BCUT2D eigenvalue weighted by Crippen LogP contribution is -2.31. The summed E-state index contributed by atoms with van der Waals surface area (Å²) in [7, 11) is -3.54. The minimum absolute atomic E-state index is 0.142. The number of nitrogens with zero attached hydrogens (tertiary/aromatic N) is 1. The Kier molecular flexibility index (Phi) is 6.76. The van der Waals surface area contributed by atoms with E-state index in [2.05, 4.69) is 5.32 Å². The normalized spacial score (nSPS) is 15.3. The highest BCUT2D eigenvalue weighted by atomic mass is 32.2. The molecule has 1 aliphatic heterocycles. The number of carbonyl (C=O) groups excluding carboxylic acids is 2. The second-order valence-corrected chi connectivity index (χ2v) is 10.0. The maximum Gasteiger partial charge on any atom is 0.338 e. The molecule has 0 saturated carbocycles. The number of rotatable bonds is 7. The van der Waals surface area contributed by atoms with Crippen LogP contribution in [0.2, 0.25) is 0 Å². The summed E-state index contributed by atoms with van der Waals surface area (Å²) < 4.78 is 31.7. The van der Waals surface area contributed by atoms with E-state index in [9.17, 15) is 18.0 Å². The average Bonchev–Trinajstić information content (AvgIpc) is 3.38. The molecule has 1 unspecified atom stereocenters. The molecule has 1 saturated heterocycles. The molecule has 3 aromatic carbocycles. The van der Waals surface area contributed by atoms with Gasteiger partial charge in [0.1, 0.15) is 0 Å². The van der Waals surface area contributed by atoms with E-state index in [-0.39, 0.29) is 16.5 Å². The van der Waals surface area contributed by atoms with Crippen LogP contribution in [-0.2, 0) is 19.6 Å². The molecule has 1 aliphatic rings. The molecule has 4 rings (SSSR count). The third-order valence-electron chi connectivity index (χ3n) is 5.78. The molecule has 1 fully saturated rings. The number of benzene rings is 3. The summed E-state index contributed by atoms with van der Waals surface area (Å²) in [5.41, 5.74) is 1.13. The van der Waals surface area contributed by atoms with Gasteiger partial charge in [0, 0.05) is 13.1 Å². The van der Waals surface area contributed by atoms with Crippen molar-refractivity contribution in [2.45, 2.75) is 30.7 Å². The number of sulfonamides is 1. The van der Waals surface area contributed by atoms with E-state index >= 15 is 0 Å². The van der Waals surface area contributed by atoms with Crippen LogP contribution in [0.3, 0.4) is 0 Å². The van der Waals surface area contributed by atoms with Crippen LogP contribution in [0.25, 0.3) is 10.8 Å². The molecule has 1 heterocycles. The summed E-state index contributed by atoms with van der Waals surface area (Å²) in [6.45, 7) is 2.46. The summed E-state index contributed by atoms with van der Waals surface area (Å²) in [6, 6.07) is 19.3. The van der Waals surface area contributed by atoms with Gasteiger partial charge in [0.2, 0.25) is 10.0 Å². The second kappa shape index (κ2) is 9.72. The number of carbonyl (C=O) groups is 2. The van der Waals surface area contributed by atoms with Crippen LogP contribution < -0.4 is 5.32 Å². The predicted octanol–water partition coefficient (Wildman–Crippen LogP) is 3.66. The van der Waals surface area contributed by atoms with E-state index in [4.69, 9.17) is 4.74 Å². The standard InChI is InChI=1S/C25H26N2O5S/c1-18(21-9-8-19-6-2-3-7-22(19)16-21)26-24(28)17-32-25(29)20-10-12-23(13-11-20)33(30,31)27-14-4-5-15-27/h2-3,6-13,16,18H,4-5,14-15,17H2,1H3,(H,26,28). The first kappa shape index (κ1) is 22.9. The van der Waals surface area contributed by atoms with Crippen molar-refractivity contribution in [1.82, 2.24) is 9.62 Å². The minimum atomic E-state index is -3.54. The Morgan fingerprint density at radius 3 is 2.33 bits per heavy atom. The minimum Gasteiger partial charge on any atom is -0.452 e. The number of amides is 1. The van der Waals surface area contributed by atoms with Gasteiger partial charge in [-0.3, -0.25) is 4.79 Å². The first-order valence-corrected chi connectivity index (χ1v) is 12.3. The van der Waals surface area contributed by atoms with Gasteiger partial charge in [0.05, 0.1) is 16.5 Å². The van der Waals surface area contributed by atoms with Crippen LogP contribution in [0.4, 0.5) is 0 Å². The molecule has 0 spiro atoms. The van der Waals surface area contributed by atoms with E-state index in [1.807, 2.05) is 49.4 Å². The van der Waals surface area contributed by atoms with Gasteiger partial charge in [-0.2, -0.15) is 4.31 Å². The van der Waals surface area contributed by atoms with E-state index in [0.717, 1.165) is 29.2 Å². The van der Waals surface area contributed by atoms with Crippen molar-refractivity contribution in [3.8, 4) is 0 Å². The van der Waals surface area contributed by atoms with Crippen molar-refractivity contribution < 1.29 is 22.7 Å². The fourth-order valence-corrected chi connectivity index (χ4v) is 5.42. The number of hydrogen-bond acceptors (Lipinski definition) is 5. The Balaban J connectivity index is 1.31. The SMILES string of the molecule is CC(NC(=O)COC(=O)c1ccc(S(=O)(=O)N2CCCC2)cc1)c1ccc2ccccc2c1. The highest BCUT2D eigenvalue weighted by Gasteiger charge is 2.27. The van der Waals surface area contributed by atoms with Crippen molar-refractivity contribution in [1.29, 1.82) is 0 Å².